The fraction of sp³-hybridized carbons (Fsp3) is 0.818. The van der Waals surface area contributed by atoms with Gasteiger partial charge in [-0.3, -0.25) is 4.68 Å². The fourth-order valence-electron chi connectivity index (χ4n) is 1.54. The van der Waals surface area contributed by atoms with E-state index in [-0.39, 0.29) is 0 Å². The molecule has 0 spiro atoms. The Balaban J connectivity index is 0.000000606. The molecule has 2 rings (SSSR count). The smallest absolute Gasteiger partial charge is 0.242 e. The maximum atomic E-state index is 5.48. The van der Waals surface area contributed by atoms with Gasteiger partial charge in [-0.2, -0.15) is 0 Å². The highest BCUT2D eigenvalue weighted by Crippen LogP contribution is 2.11. The Morgan fingerprint density at radius 1 is 1.56 bits per heavy atom. The van der Waals surface area contributed by atoms with E-state index in [1.807, 2.05) is 20.8 Å². The molecule has 1 unspecified atom stereocenters. The quantitative estimate of drug-likeness (QED) is 0.852. The van der Waals surface area contributed by atoms with Crippen molar-refractivity contribution in [1.29, 1.82) is 0 Å². The lowest BCUT2D eigenvalue weighted by molar-refractivity contribution is 0.120. The van der Waals surface area contributed by atoms with Crippen LogP contribution in [0.5, 0.6) is 0 Å². The van der Waals surface area contributed by atoms with Crippen LogP contribution in [0, 0.1) is 0 Å². The van der Waals surface area contributed by atoms with Gasteiger partial charge in [0.2, 0.25) is 5.95 Å². The van der Waals surface area contributed by atoms with E-state index in [2.05, 4.69) is 15.4 Å². The van der Waals surface area contributed by atoms with Gasteiger partial charge in [-0.1, -0.05) is 13.8 Å². The van der Waals surface area contributed by atoms with Crippen LogP contribution in [0.25, 0.3) is 0 Å². The van der Waals surface area contributed by atoms with Crippen LogP contribution in [0.3, 0.4) is 0 Å². The average Bonchev–Trinajstić information content (AvgIpc) is 3.00. The molecule has 1 aliphatic heterocycles. The maximum absolute atomic E-state index is 5.48. The van der Waals surface area contributed by atoms with E-state index in [0.717, 1.165) is 26.1 Å². The monoisotopic (exact) mass is 226 g/mol. The molecule has 1 N–H and O–H groups in total. The number of ether oxygens (including phenoxy) is 1. The van der Waals surface area contributed by atoms with Crippen LogP contribution in [-0.4, -0.2) is 34.0 Å². The van der Waals surface area contributed by atoms with Crippen molar-refractivity contribution in [3.8, 4) is 0 Å². The molecule has 1 aliphatic rings. The van der Waals surface area contributed by atoms with Crippen LogP contribution in [0.4, 0.5) is 5.95 Å². The molecule has 1 saturated heterocycles. The summed E-state index contributed by atoms with van der Waals surface area (Å²) in [6.45, 7) is 8.60. The first-order valence-corrected chi connectivity index (χ1v) is 6.13. The van der Waals surface area contributed by atoms with Crippen molar-refractivity contribution in [3.05, 3.63) is 6.33 Å². The minimum atomic E-state index is 0.337. The lowest BCUT2D eigenvalue weighted by atomic mass is 10.2. The van der Waals surface area contributed by atoms with Gasteiger partial charge in [-0.25, -0.2) is 4.98 Å². The third-order valence-electron chi connectivity index (χ3n) is 2.37. The first kappa shape index (κ1) is 13.0. The zero-order chi connectivity index (χ0) is 11.8. The van der Waals surface area contributed by atoms with Crippen LogP contribution >= 0.6 is 0 Å². The normalized spacial score (nSPS) is 19.1. The molecule has 0 aliphatic carbocycles. The Morgan fingerprint density at radius 2 is 2.38 bits per heavy atom. The molecule has 5 nitrogen and oxygen atoms in total. The minimum Gasteiger partial charge on any atom is -0.376 e. The SMILES string of the molecule is CC.CCn1cnc(NCC2CCCO2)n1. The van der Waals surface area contributed by atoms with E-state index in [0.29, 0.717) is 12.1 Å². The summed E-state index contributed by atoms with van der Waals surface area (Å²) in [5.41, 5.74) is 0. The number of anilines is 1. The van der Waals surface area contributed by atoms with Crippen molar-refractivity contribution in [1.82, 2.24) is 14.8 Å². The van der Waals surface area contributed by atoms with E-state index in [4.69, 9.17) is 4.74 Å². The molecule has 0 radical (unpaired) electrons. The summed E-state index contributed by atoms with van der Waals surface area (Å²) in [4.78, 5) is 4.13. The second-order valence-electron chi connectivity index (χ2n) is 3.44. The van der Waals surface area contributed by atoms with Gasteiger partial charge in [0.15, 0.2) is 0 Å². The largest absolute Gasteiger partial charge is 0.376 e. The Hall–Kier alpha value is -1.10. The van der Waals surface area contributed by atoms with Crippen molar-refractivity contribution in [2.75, 3.05) is 18.5 Å². The van der Waals surface area contributed by atoms with Crippen LogP contribution in [0.2, 0.25) is 0 Å². The summed E-state index contributed by atoms with van der Waals surface area (Å²) in [5, 5.41) is 7.40. The molecule has 2 heterocycles. The molecule has 92 valence electrons. The van der Waals surface area contributed by atoms with Crippen molar-refractivity contribution in [3.63, 3.8) is 0 Å². The second kappa shape index (κ2) is 7.22. The van der Waals surface area contributed by atoms with Gasteiger partial charge < -0.3 is 10.1 Å². The van der Waals surface area contributed by atoms with Crippen molar-refractivity contribution in [2.24, 2.45) is 0 Å². The average molecular weight is 226 g/mol. The molecule has 0 amide bonds. The highest BCUT2D eigenvalue weighted by Gasteiger charge is 2.15. The standard InChI is InChI=1S/C9H16N4O.C2H6/c1-2-13-7-11-9(12-13)10-6-8-4-3-5-14-8;1-2/h7-8H,2-6H2,1H3,(H,10,12);1-2H3. The second-order valence-corrected chi connectivity index (χ2v) is 3.44. The van der Waals surface area contributed by atoms with Crippen LogP contribution in [0.15, 0.2) is 6.33 Å². The summed E-state index contributed by atoms with van der Waals surface area (Å²) in [6, 6.07) is 0. The maximum Gasteiger partial charge on any atom is 0.242 e. The van der Waals surface area contributed by atoms with Crippen LogP contribution in [0.1, 0.15) is 33.6 Å². The predicted molar refractivity (Wildman–Crippen MR) is 64.5 cm³/mol. The summed E-state index contributed by atoms with van der Waals surface area (Å²) >= 11 is 0. The summed E-state index contributed by atoms with van der Waals surface area (Å²) in [7, 11) is 0. The first-order valence-electron chi connectivity index (χ1n) is 6.13. The van der Waals surface area contributed by atoms with Crippen molar-refractivity contribution < 1.29 is 4.74 Å². The van der Waals surface area contributed by atoms with E-state index in [1.165, 1.54) is 6.42 Å². The number of rotatable bonds is 4. The minimum absolute atomic E-state index is 0.337. The highest BCUT2D eigenvalue weighted by atomic mass is 16.5. The third-order valence-corrected chi connectivity index (χ3v) is 2.37. The van der Waals surface area contributed by atoms with Gasteiger partial charge in [0.05, 0.1) is 6.10 Å². The molecular weight excluding hydrogens is 204 g/mol. The van der Waals surface area contributed by atoms with E-state index in [9.17, 15) is 0 Å². The van der Waals surface area contributed by atoms with Crippen LogP contribution < -0.4 is 5.32 Å². The molecule has 5 heteroatoms. The molecule has 0 saturated carbocycles. The molecular formula is C11H22N4O. The Labute approximate surface area is 97.2 Å². The third kappa shape index (κ3) is 3.81. The lowest BCUT2D eigenvalue weighted by Crippen LogP contribution is -2.19. The van der Waals surface area contributed by atoms with E-state index in [1.54, 1.807) is 11.0 Å². The van der Waals surface area contributed by atoms with Gasteiger partial charge in [0.25, 0.3) is 0 Å². The molecule has 1 aromatic heterocycles. The van der Waals surface area contributed by atoms with Gasteiger partial charge >= 0.3 is 0 Å². The number of aryl methyl sites for hydroxylation is 1. The Kier molecular flexibility index (Phi) is 5.85. The Bertz CT molecular complexity index is 281. The van der Waals surface area contributed by atoms with Crippen molar-refractivity contribution >= 4 is 5.95 Å². The number of nitrogens with zero attached hydrogens (tertiary/aromatic N) is 3. The number of hydrogen-bond donors (Lipinski definition) is 1. The van der Waals surface area contributed by atoms with Gasteiger partial charge in [-0.15, -0.1) is 5.10 Å². The molecule has 1 aromatic rings. The fourth-order valence-corrected chi connectivity index (χ4v) is 1.54. The van der Waals surface area contributed by atoms with Gasteiger partial charge in [-0.05, 0) is 19.8 Å². The first-order chi connectivity index (χ1) is 7.88. The van der Waals surface area contributed by atoms with E-state index < -0.39 is 0 Å². The van der Waals surface area contributed by atoms with Crippen molar-refractivity contribution in [2.45, 2.75) is 46.3 Å². The molecule has 0 aromatic carbocycles. The van der Waals surface area contributed by atoms with Gasteiger partial charge in [0, 0.05) is 19.7 Å². The topological polar surface area (TPSA) is 52.0 Å². The molecule has 1 fully saturated rings. The summed E-state index contributed by atoms with van der Waals surface area (Å²) in [5.74, 6) is 0.697. The zero-order valence-electron chi connectivity index (χ0n) is 10.4. The van der Waals surface area contributed by atoms with Crippen LogP contribution in [-0.2, 0) is 11.3 Å². The summed E-state index contributed by atoms with van der Waals surface area (Å²) in [6.07, 6.45) is 4.38. The van der Waals surface area contributed by atoms with E-state index >= 15 is 0 Å². The highest BCUT2D eigenvalue weighted by molar-refractivity contribution is 5.20. The molecule has 0 bridgehead atoms. The number of aromatic nitrogens is 3. The number of hydrogen-bond acceptors (Lipinski definition) is 4. The predicted octanol–water partition coefficient (Wildman–Crippen LogP) is 1.92. The summed E-state index contributed by atoms with van der Waals surface area (Å²) < 4.78 is 7.29. The number of nitrogens with one attached hydrogen (secondary N) is 1. The zero-order valence-corrected chi connectivity index (χ0v) is 10.4. The van der Waals surface area contributed by atoms with Gasteiger partial charge in [0.1, 0.15) is 6.33 Å². The lowest BCUT2D eigenvalue weighted by Gasteiger charge is -2.08. The Morgan fingerprint density at radius 3 is 2.94 bits per heavy atom. The molecule has 16 heavy (non-hydrogen) atoms. The molecule has 1 atom stereocenters.